The number of hydrogen-bond donors (Lipinski definition) is 1. The van der Waals surface area contributed by atoms with Gasteiger partial charge in [-0.2, -0.15) is 0 Å². The van der Waals surface area contributed by atoms with Crippen LogP contribution in [0.2, 0.25) is 0 Å². The van der Waals surface area contributed by atoms with Gasteiger partial charge in [-0.3, -0.25) is 0 Å². The molecule has 2 atom stereocenters. The van der Waals surface area contributed by atoms with E-state index < -0.39 is 0 Å². The standard InChI is InChI=1S/C15H19FO2/c16-12-6-7-15-11(8-12)9-13(18-15)2-1-3-14(17)10-4-5-10/h6-8,10,13-14,17H,1-5,9H2. The molecule has 1 aliphatic carbocycles. The Hall–Kier alpha value is -1.09. The van der Waals surface area contributed by atoms with Gasteiger partial charge in [-0.1, -0.05) is 0 Å². The highest BCUT2D eigenvalue weighted by molar-refractivity contribution is 5.37. The van der Waals surface area contributed by atoms with Gasteiger partial charge in [-0.15, -0.1) is 0 Å². The van der Waals surface area contributed by atoms with Crippen molar-refractivity contribution in [3.63, 3.8) is 0 Å². The van der Waals surface area contributed by atoms with E-state index in [2.05, 4.69) is 0 Å². The Kier molecular flexibility index (Phi) is 3.25. The van der Waals surface area contributed by atoms with E-state index in [9.17, 15) is 9.50 Å². The molecule has 0 aromatic heterocycles. The third-order valence-corrected chi connectivity index (χ3v) is 3.96. The lowest BCUT2D eigenvalue weighted by atomic mass is 10.0. The average Bonchev–Trinajstić information content (AvgIpc) is 3.11. The van der Waals surface area contributed by atoms with Gasteiger partial charge >= 0.3 is 0 Å². The van der Waals surface area contributed by atoms with E-state index in [0.717, 1.165) is 37.0 Å². The van der Waals surface area contributed by atoms with Crippen LogP contribution in [0.4, 0.5) is 4.39 Å². The topological polar surface area (TPSA) is 29.5 Å². The summed E-state index contributed by atoms with van der Waals surface area (Å²) in [5, 5.41) is 9.78. The highest BCUT2D eigenvalue weighted by atomic mass is 19.1. The number of benzene rings is 1. The molecular formula is C15H19FO2. The van der Waals surface area contributed by atoms with E-state index in [1.807, 2.05) is 0 Å². The number of hydrogen-bond acceptors (Lipinski definition) is 2. The molecule has 1 heterocycles. The van der Waals surface area contributed by atoms with Gasteiger partial charge in [-0.05, 0) is 56.2 Å². The van der Waals surface area contributed by atoms with Crippen LogP contribution in [0.1, 0.15) is 37.7 Å². The predicted octanol–water partition coefficient (Wildman–Crippen LogP) is 3.07. The Labute approximate surface area is 107 Å². The van der Waals surface area contributed by atoms with Gasteiger partial charge < -0.3 is 9.84 Å². The quantitative estimate of drug-likeness (QED) is 0.870. The first kappa shape index (κ1) is 12.0. The number of aliphatic hydroxyl groups is 1. The second kappa shape index (κ2) is 4.88. The van der Waals surface area contributed by atoms with Crippen molar-refractivity contribution < 1.29 is 14.2 Å². The van der Waals surface area contributed by atoms with Crippen LogP contribution in [0.5, 0.6) is 5.75 Å². The summed E-state index contributed by atoms with van der Waals surface area (Å²) in [6.45, 7) is 0. The fourth-order valence-electron chi connectivity index (χ4n) is 2.72. The van der Waals surface area contributed by atoms with Crippen molar-refractivity contribution in [1.82, 2.24) is 0 Å². The van der Waals surface area contributed by atoms with Crippen LogP contribution in [0.15, 0.2) is 18.2 Å². The minimum absolute atomic E-state index is 0.119. The summed E-state index contributed by atoms with van der Waals surface area (Å²) >= 11 is 0. The molecule has 1 N–H and O–H groups in total. The lowest BCUT2D eigenvalue weighted by Gasteiger charge is -2.12. The van der Waals surface area contributed by atoms with E-state index in [4.69, 9.17) is 4.74 Å². The lowest BCUT2D eigenvalue weighted by Crippen LogP contribution is -2.15. The van der Waals surface area contributed by atoms with E-state index in [1.165, 1.54) is 18.9 Å². The average molecular weight is 250 g/mol. The zero-order chi connectivity index (χ0) is 12.5. The first-order chi connectivity index (χ1) is 8.72. The fourth-order valence-corrected chi connectivity index (χ4v) is 2.72. The van der Waals surface area contributed by atoms with Crippen molar-refractivity contribution >= 4 is 0 Å². The molecule has 1 fully saturated rings. The second-order valence-electron chi connectivity index (χ2n) is 5.53. The lowest BCUT2D eigenvalue weighted by molar-refractivity contribution is 0.130. The Morgan fingerprint density at radius 2 is 2.22 bits per heavy atom. The monoisotopic (exact) mass is 250 g/mol. The third-order valence-electron chi connectivity index (χ3n) is 3.96. The summed E-state index contributed by atoms with van der Waals surface area (Å²) in [5.74, 6) is 1.19. The number of halogens is 1. The molecule has 0 radical (unpaired) electrons. The third kappa shape index (κ3) is 2.66. The minimum Gasteiger partial charge on any atom is -0.490 e. The summed E-state index contributed by atoms with van der Waals surface area (Å²) < 4.78 is 18.8. The van der Waals surface area contributed by atoms with Crippen molar-refractivity contribution in [2.24, 2.45) is 5.92 Å². The molecule has 1 aromatic carbocycles. The smallest absolute Gasteiger partial charge is 0.123 e. The Balaban J connectivity index is 1.45. The van der Waals surface area contributed by atoms with Gasteiger partial charge in [0.15, 0.2) is 0 Å². The maximum atomic E-state index is 13.1. The minimum atomic E-state index is -0.192. The Morgan fingerprint density at radius 1 is 1.39 bits per heavy atom. The van der Waals surface area contributed by atoms with Crippen LogP contribution in [-0.4, -0.2) is 17.3 Å². The van der Waals surface area contributed by atoms with E-state index in [-0.39, 0.29) is 18.0 Å². The van der Waals surface area contributed by atoms with E-state index in [1.54, 1.807) is 12.1 Å². The molecule has 2 aliphatic rings. The van der Waals surface area contributed by atoms with Gasteiger partial charge in [0.25, 0.3) is 0 Å². The molecule has 98 valence electrons. The number of aliphatic hydroxyl groups excluding tert-OH is 1. The summed E-state index contributed by atoms with van der Waals surface area (Å²) in [5.41, 5.74) is 0.975. The van der Waals surface area contributed by atoms with Crippen molar-refractivity contribution in [2.45, 2.75) is 50.7 Å². The first-order valence-corrected chi connectivity index (χ1v) is 6.85. The maximum Gasteiger partial charge on any atom is 0.123 e. The largest absolute Gasteiger partial charge is 0.490 e. The maximum absolute atomic E-state index is 13.1. The molecule has 3 heteroatoms. The van der Waals surface area contributed by atoms with Crippen LogP contribution in [-0.2, 0) is 6.42 Å². The normalized spacial score (nSPS) is 23.6. The van der Waals surface area contributed by atoms with Gasteiger partial charge in [0.1, 0.15) is 17.7 Å². The van der Waals surface area contributed by atoms with Crippen molar-refractivity contribution in [1.29, 1.82) is 0 Å². The predicted molar refractivity (Wildman–Crippen MR) is 67.1 cm³/mol. The molecule has 1 saturated carbocycles. The van der Waals surface area contributed by atoms with Crippen LogP contribution < -0.4 is 4.74 Å². The SMILES string of the molecule is OC(CCCC1Cc2cc(F)ccc2O1)C1CC1. The molecule has 18 heavy (non-hydrogen) atoms. The molecule has 1 aliphatic heterocycles. The highest BCUT2D eigenvalue weighted by Gasteiger charge is 2.30. The molecule has 0 amide bonds. The molecule has 0 bridgehead atoms. The molecule has 3 rings (SSSR count). The summed E-state index contributed by atoms with van der Waals surface area (Å²) in [6.07, 6.45) is 6.01. The van der Waals surface area contributed by atoms with Crippen molar-refractivity contribution in [2.75, 3.05) is 0 Å². The van der Waals surface area contributed by atoms with Crippen LogP contribution in [0.25, 0.3) is 0 Å². The molecule has 2 nitrogen and oxygen atoms in total. The molecule has 1 aromatic rings. The summed E-state index contributed by atoms with van der Waals surface area (Å²) in [7, 11) is 0. The summed E-state index contributed by atoms with van der Waals surface area (Å²) in [4.78, 5) is 0. The number of rotatable bonds is 5. The summed E-state index contributed by atoms with van der Waals surface area (Å²) in [6, 6.07) is 4.72. The molecular weight excluding hydrogens is 231 g/mol. The van der Waals surface area contributed by atoms with Crippen molar-refractivity contribution in [3.05, 3.63) is 29.6 Å². The first-order valence-electron chi connectivity index (χ1n) is 6.85. The Morgan fingerprint density at radius 3 is 3.00 bits per heavy atom. The van der Waals surface area contributed by atoms with Gasteiger partial charge in [0.2, 0.25) is 0 Å². The number of fused-ring (bicyclic) bond motifs is 1. The van der Waals surface area contributed by atoms with Crippen LogP contribution in [0, 0.1) is 11.7 Å². The van der Waals surface area contributed by atoms with E-state index >= 15 is 0 Å². The number of ether oxygens (including phenoxy) is 1. The molecule has 2 unspecified atom stereocenters. The van der Waals surface area contributed by atoms with Gasteiger partial charge in [0, 0.05) is 12.0 Å². The molecule has 0 saturated heterocycles. The highest BCUT2D eigenvalue weighted by Crippen LogP contribution is 2.35. The fraction of sp³-hybridized carbons (Fsp3) is 0.600. The van der Waals surface area contributed by atoms with Gasteiger partial charge in [0.05, 0.1) is 6.10 Å². The molecule has 0 spiro atoms. The zero-order valence-corrected chi connectivity index (χ0v) is 10.4. The van der Waals surface area contributed by atoms with Crippen molar-refractivity contribution in [3.8, 4) is 5.75 Å². The van der Waals surface area contributed by atoms with Gasteiger partial charge in [-0.25, -0.2) is 4.39 Å². The van der Waals surface area contributed by atoms with Crippen LogP contribution in [0.3, 0.4) is 0 Å². The van der Waals surface area contributed by atoms with Crippen LogP contribution >= 0.6 is 0 Å². The second-order valence-corrected chi connectivity index (χ2v) is 5.53. The zero-order valence-electron chi connectivity index (χ0n) is 10.4. The van der Waals surface area contributed by atoms with E-state index in [0.29, 0.717) is 5.92 Å². The Bertz CT molecular complexity index is 429.